The van der Waals surface area contributed by atoms with Crippen molar-refractivity contribution in [3.05, 3.63) is 23.9 Å². The first kappa shape index (κ1) is 12.0. The Labute approximate surface area is 92.1 Å². The van der Waals surface area contributed by atoms with E-state index in [1.54, 1.807) is 0 Å². The van der Waals surface area contributed by atoms with Crippen molar-refractivity contribution >= 4 is 5.82 Å². The molecule has 1 aromatic heterocycles. The Balaban J connectivity index is 2.41. The number of hydrogen-bond acceptors (Lipinski definition) is 3. The molecular weight excluding hydrogens is 186 g/mol. The molecule has 1 rings (SSSR count). The van der Waals surface area contributed by atoms with Gasteiger partial charge in [-0.05, 0) is 37.9 Å². The summed E-state index contributed by atoms with van der Waals surface area (Å²) in [4.78, 5) is 4.40. The fourth-order valence-corrected chi connectivity index (χ4v) is 1.58. The van der Waals surface area contributed by atoms with Gasteiger partial charge in [0.15, 0.2) is 0 Å². The minimum Gasteiger partial charge on any atom is -0.370 e. The van der Waals surface area contributed by atoms with Crippen LogP contribution < -0.4 is 11.1 Å². The second kappa shape index (κ2) is 6.40. The molecule has 0 aliphatic carbocycles. The molecule has 0 aromatic carbocycles. The number of anilines is 1. The molecule has 3 heteroatoms. The number of nitrogens with one attached hydrogen (secondary N) is 1. The van der Waals surface area contributed by atoms with E-state index >= 15 is 0 Å². The van der Waals surface area contributed by atoms with Crippen LogP contribution in [0, 0.1) is 12.8 Å². The monoisotopic (exact) mass is 207 g/mol. The molecule has 0 radical (unpaired) electrons. The number of aromatic nitrogens is 1. The predicted molar refractivity (Wildman–Crippen MR) is 64.9 cm³/mol. The molecule has 3 nitrogen and oxygen atoms in total. The highest BCUT2D eigenvalue weighted by atomic mass is 15.0. The van der Waals surface area contributed by atoms with Crippen molar-refractivity contribution < 1.29 is 0 Å². The van der Waals surface area contributed by atoms with Gasteiger partial charge in [-0.15, -0.1) is 0 Å². The van der Waals surface area contributed by atoms with Crippen LogP contribution in [-0.4, -0.2) is 18.1 Å². The number of hydrogen-bond donors (Lipinski definition) is 2. The van der Waals surface area contributed by atoms with Gasteiger partial charge in [-0.25, -0.2) is 4.98 Å². The second-order valence-electron chi connectivity index (χ2n) is 3.90. The lowest BCUT2D eigenvalue weighted by molar-refractivity contribution is 0.501. The Morgan fingerprint density at radius 2 is 2.27 bits per heavy atom. The SMILES string of the molecule is CCC(CCN)CNc1cccc(C)n1. The van der Waals surface area contributed by atoms with Crippen LogP contribution in [0.4, 0.5) is 5.82 Å². The smallest absolute Gasteiger partial charge is 0.126 e. The van der Waals surface area contributed by atoms with Crippen LogP contribution in [0.2, 0.25) is 0 Å². The van der Waals surface area contributed by atoms with Crippen molar-refractivity contribution in [1.29, 1.82) is 0 Å². The zero-order valence-corrected chi connectivity index (χ0v) is 9.66. The molecule has 1 atom stereocenters. The van der Waals surface area contributed by atoms with Crippen LogP contribution in [0.15, 0.2) is 18.2 Å². The largest absolute Gasteiger partial charge is 0.370 e. The second-order valence-corrected chi connectivity index (χ2v) is 3.90. The standard InChI is InChI=1S/C12H21N3/c1-3-11(7-8-13)9-14-12-6-4-5-10(2)15-12/h4-6,11H,3,7-9,13H2,1-2H3,(H,14,15). The summed E-state index contributed by atoms with van der Waals surface area (Å²) in [5.74, 6) is 1.61. The highest BCUT2D eigenvalue weighted by Crippen LogP contribution is 2.09. The molecule has 0 amide bonds. The summed E-state index contributed by atoms with van der Waals surface area (Å²) in [6, 6.07) is 6.03. The number of nitrogens with two attached hydrogens (primary N) is 1. The number of pyridine rings is 1. The van der Waals surface area contributed by atoms with Gasteiger partial charge in [0.2, 0.25) is 0 Å². The first-order chi connectivity index (χ1) is 7.26. The summed E-state index contributed by atoms with van der Waals surface area (Å²) in [6.45, 7) is 5.93. The molecule has 1 heterocycles. The first-order valence-corrected chi connectivity index (χ1v) is 5.63. The summed E-state index contributed by atoms with van der Waals surface area (Å²) >= 11 is 0. The lowest BCUT2D eigenvalue weighted by Crippen LogP contribution is -2.17. The third-order valence-electron chi connectivity index (χ3n) is 2.61. The minimum atomic E-state index is 0.650. The summed E-state index contributed by atoms with van der Waals surface area (Å²) in [5, 5.41) is 3.35. The Hall–Kier alpha value is -1.09. The van der Waals surface area contributed by atoms with Crippen molar-refractivity contribution in [3.63, 3.8) is 0 Å². The van der Waals surface area contributed by atoms with Gasteiger partial charge in [-0.1, -0.05) is 19.4 Å². The van der Waals surface area contributed by atoms with Crippen LogP contribution in [0.3, 0.4) is 0 Å². The van der Waals surface area contributed by atoms with E-state index < -0.39 is 0 Å². The molecule has 0 fully saturated rings. The average Bonchev–Trinajstić information content (AvgIpc) is 2.24. The van der Waals surface area contributed by atoms with Crippen LogP contribution in [0.5, 0.6) is 0 Å². The Kier molecular flexibility index (Phi) is 5.12. The lowest BCUT2D eigenvalue weighted by atomic mass is 10.0. The quantitative estimate of drug-likeness (QED) is 0.751. The highest BCUT2D eigenvalue weighted by Gasteiger charge is 2.04. The van der Waals surface area contributed by atoms with Gasteiger partial charge in [-0.3, -0.25) is 0 Å². The molecule has 0 saturated carbocycles. The van der Waals surface area contributed by atoms with Crippen molar-refractivity contribution in [2.75, 3.05) is 18.4 Å². The molecule has 0 saturated heterocycles. The van der Waals surface area contributed by atoms with Crippen LogP contribution >= 0.6 is 0 Å². The van der Waals surface area contributed by atoms with E-state index in [-0.39, 0.29) is 0 Å². The Morgan fingerprint density at radius 3 is 2.87 bits per heavy atom. The van der Waals surface area contributed by atoms with Crippen molar-refractivity contribution in [1.82, 2.24) is 4.98 Å². The fourth-order valence-electron chi connectivity index (χ4n) is 1.58. The average molecular weight is 207 g/mol. The maximum atomic E-state index is 5.55. The number of aryl methyl sites for hydroxylation is 1. The van der Waals surface area contributed by atoms with Crippen molar-refractivity contribution in [2.24, 2.45) is 11.7 Å². The summed E-state index contributed by atoms with van der Waals surface area (Å²) < 4.78 is 0. The van der Waals surface area contributed by atoms with Gasteiger partial charge in [0.25, 0.3) is 0 Å². The van der Waals surface area contributed by atoms with E-state index in [0.29, 0.717) is 5.92 Å². The van der Waals surface area contributed by atoms with Crippen LogP contribution in [0.25, 0.3) is 0 Å². The molecule has 0 aliphatic rings. The van der Waals surface area contributed by atoms with Crippen LogP contribution in [0.1, 0.15) is 25.5 Å². The number of nitrogens with zero attached hydrogens (tertiary/aromatic N) is 1. The molecule has 0 spiro atoms. The molecule has 0 aliphatic heterocycles. The maximum absolute atomic E-state index is 5.55. The van der Waals surface area contributed by atoms with Gasteiger partial charge in [0.1, 0.15) is 5.82 Å². The zero-order chi connectivity index (χ0) is 11.1. The van der Waals surface area contributed by atoms with E-state index in [1.807, 2.05) is 25.1 Å². The van der Waals surface area contributed by atoms with Crippen molar-refractivity contribution in [3.8, 4) is 0 Å². The minimum absolute atomic E-state index is 0.650. The summed E-state index contributed by atoms with van der Waals surface area (Å²) in [5.41, 5.74) is 6.60. The molecule has 1 aromatic rings. The summed E-state index contributed by atoms with van der Waals surface area (Å²) in [7, 11) is 0. The molecular formula is C12H21N3. The van der Waals surface area contributed by atoms with E-state index in [2.05, 4.69) is 17.2 Å². The fraction of sp³-hybridized carbons (Fsp3) is 0.583. The molecule has 15 heavy (non-hydrogen) atoms. The van der Waals surface area contributed by atoms with E-state index in [4.69, 9.17) is 5.73 Å². The number of rotatable bonds is 6. The lowest BCUT2D eigenvalue weighted by Gasteiger charge is -2.15. The molecule has 0 bridgehead atoms. The van der Waals surface area contributed by atoms with Gasteiger partial charge in [-0.2, -0.15) is 0 Å². The third-order valence-corrected chi connectivity index (χ3v) is 2.61. The van der Waals surface area contributed by atoms with Crippen LogP contribution in [-0.2, 0) is 0 Å². The zero-order valence-electron chi connectivity index (χ0n) is 9.66. The highest BCUT2D eigenvalue weighted by molar-refractivity contribution is 5.34. The Bertz CT molecular complexity index is 286. The first-order valence-electron chi connectivity index (χ1n) is 5.63. The summed E-state index contributed by atoms with van der Waals surface area (Å²) in [6.07, 6.45) is 2.24. The molecule has 84 valence electrons. The Morgan fingerprint density at radius 1 is 1.47 bits per heavy atom. The van der Waals surface area contributed by atoms with Gasteiger partial charge in [0, 0.05) is 12.2 Å². The van der Waals surface area contributed by atoms with Crippen molar-refractivity contribution in [2.45, 2.75) is 26.7 Å². The van der Waals surface area contributed by atoms with Gasteiger partial charge < -0.3 is 11.1 Å². The van der Waals surface area contributed by atoms with Gasteiger partial charge in [0.05, 0.1) is 0 Å². The van der Waals surface area contributed by atoms with E-state index in [1.165, 1.54) is 0 Å². The molecule has 1 unspecified atom stereocenters. The topological polar surface area (TPSA) is 50.9 Å². The normalized spacial score (nSPS) is 12.5. The predicted octanol–water partition coefficient (Wildman–Crippen LogP) is 2.18. The van der Waals surface area contributed by atoms with E-state index in [9.17, 15) is 0 Å². The third kappa shape index (κ3) is 4.30. The van der Waals surface area contributed by atoms with E-state index in [0.717, 1.165) is 37.4 Å². The van der Waals surface area contributed by atoms with Gasteiger partial charge >= 0.3 is 0 Å². The molecule has 3 N–H and O–H groups in total. The maximum Gasteiger partial charge on any atom is 0.126 e.